The second kappa shape index (κ2) is 5.80. The number of methoxy groups -OCH3 is 1. The molecule has 1 aliphatic carbocycles. The van der Waals surface area contributed by atoms with Crippen molar-refractivity contribution in [2.45, 2.75) is 52.7 Å². The molecule has 1 rings (SSSR count). The molecule has 0 spiro atoms. The largest absolute Gasteiger partial charge is 0.469 e. The summed E-state index contributed by atoms with van der Waals surface area (Å²) in [4.78, 5) is 23.1. The smallest absolute Gasteiger partial charge is 0.407 e. The van der Waals surface area contributed by atoms with Crippen LogP contribution in [0.5, 0.6) is 0 Å². The van der Waals surface area contributed by atoms with Gasteiger partial charge in [-0.1, -0.05) is 13.8 Å². The molecule has 3 atom stereocenters. The van der Waals surface area contributed by atoms with E-state index in [0.29, 0.717) is 18.3 Å². The molecular weight excluding hydrogens is 246 g/mol. The van der Waals surface area contributed by atoms with Crippen molar-refractivity contribution < 1.29 is 19.1 Å². The molecule has 1 aliphatic rings. The van der Waals surface area contributed by atoms with Crippen molar-refractivity contribution in [2.75, 3.05) is 7.11 Å². The van der Waals surface area contributed by atoms with Gasteiger partial charge in [-0.2, -0.15) is 0 Å². The summed E-state index contributed by atoms with van der Waals surface area (Å²) in [6.45, 7) is 9.65. The van der Waals surface area contributed by atoms with Crippen LogP contribution >= 0.6 is 0 Å². The summed E-state index contributed by atoms with van der Waals surface area (Å²) in [5.74, 6) is 0.644. The quantitative estimate of drug-likeness (QED) is 0.797. The number of alkyl carbamates (subject to hydrolysis) is 1. The third-order valence-electron chi connectivity index (χ3n) is 3.31. The molecule has 0 bridgehead atoms. The van der Waals surface area contributed by atoms with Gasteiger partial charge in [-0.05, 0) is 38.5 Å². The van der Waals surface area contributed by atoms with Gasteiger partial charge in [0.25, 0.3) is 0 Å². The molecule has 0 aromatic carbocycles. The summed E-state index contributed by atoms with van der Waals surface area (Å²) in [5, 5.41) is 2.85. The van der Waals surface area contributed by atoms with E-state index in [1.165, 1.54) is 7.11 Å². The normalized spacial score (nSPS) is 25.9. The molecule has 0 heterocycles. The van der Waals surface area contributed by atoms with E-state index in [-0.39, 0.29) is 17.9 Å². The third kappa shape index (κ3) is 4.73. The fourth-order valence-electron chi connectivity index (χ4n) is 2.50. The molecule has 5 nitrogen and oxygen atoms in total. The zero-order chi connectivity index (χ0) is 14.8. The lowest BCUT2D eigenvalue weighted by Crippen LogP contribution is -2.35. The minimum atomic E-state index is -0.510. The third-order valence-corrected chi connectivity index (χ3v) is 3.31. The molecule has 110 valence electrons. The fourth-order valence-corrected chi connectivity index (χ4v) is 2.50. The van der Waals surface area contributed by atoms with Crippen molar-refractivity contribution >= 4 is 12.1 Å². The first-order valence-electron chi connectivity index (χ1n) is 6.72. The highest BCUT2D eigenvalue weighted by Crippen LogP contribution is 2.47. The summed E-state index contributed by atoms with van der Waals surface area (Å²) in [5.41, 5.74) is -0.510. The standard InChI is InChI=1S/C14H25NO4/c1-8(2)11-9(7-10(16)18-6)12(11)15-13(17)19-14(3,4)5/h8-9,11-12H,7H2,1-6H3,(H,15,17)/t9-,11-,12+/m0/s1. The van der Waals surface area contributed by atoms with E-state index in [4.69, 9.17) is 4.74 Å². The topological polar surface area (TPSA) is 64.6 Å². The highest BCUT2D eigenvalue weighted by Gasteiger charge is 2.53. The zero-order valence-corrected chi connectivity index (χ0v) is 12.6. The first-order valence-corrected chi connectivity index (χ1v) is 6.72. The lowest BCUT2D eigenvalue weighted by molar-refractivity contribution is -0.141. The van der Waals surface area contributed by atoms with Gasteiger partial charge in [-0.25, -0.2) is 4.79 Å². The SMILES string of the molecule is COC(=O)C[C@@H]1[C@@H](NC(=O)OC(C)(C)C)[C@H]1C(C)C. The number of esters is 1. The molecule has 0 aromatic heterocycles. The van der Waals surface area contributed by atoms with Gasteiger partial charge in [-0.15, -0.1) is 0 Å². The molecule has 0 saturated heterocycles. The van der Waals surface area contributed by atoms with Crippen LogP contribution in [0.1, 0.15) is 41.0 Å². The van der Waals surface area contributed by atoms with Crippen molar-refractivity contribution in [3.05, 3.63) is 0 Å². The maximum absolute atomic E-state index is 11.7. The van der Waals surface area contributed by atoms with E-state index >= 15 is 0 Å². The number of hydrogen-bond donors (Lipinski definition) is 1. The van der Waals surface area contributed by atoms with Crippen molar-refractivity contribution in [3.63, 3.8) is 0 Å². The van der Waals surface area contributed by atoms with Crippen LogP contribution in [0.4, 0.5) is 4.79 Å². The Morgan fingerprint density at radius 2 is 1.84 bits per heavy atom. The van der Waals surface area contributed by atoms with Gasteiger partial charge in [0, 0.05) is 6.04 Å². The molecule has 1 saturated carbocycles. The van der Waals surface area contributed by atoms with Gasteiger partial charge >= 0.3 is 12.1 Å². The predicted molar refractivity (Wildman–Crippen MR) is 71.6 cm³/mol. The molecule has 19 heavy (non-hydrogen) atoms. The van der Waals surface area contributed by atoms with E-state index in [9.17, 15) is 9.59 Å². The lowest BCUT2D eigenvalue weighted by Gasteiger charge is -2.20. The minimum absolute atomic E-state index is 0.00829. The Morgan fingerprint density at radius 1 is 1.26 bits per heavy atom. The first-order chi connectivity index (χ1) is 8.65. The van der Waals surface area contributed by atoms with Gasteiger partial charge in [0.15, 0.2) is 0 Å². The van der Waals surface area contributed by atoms with Crippen LogP contribution in [-0.2, 0) is 14.3 Å². The highest BCUT2D eigenvalue weighted by atomic mass is 16.6. The van der Waals surface area contributed by atoms with Gasteiger partial charge in [0.05, 0.1) is 13.5 Å². The maximum Gasteiger partial charge on any atom is 0.407 e. The molecule has 0 unspecified atom stereocenters. The van der Waals surface area contributed by atoms with E-state index in [2.05, 4.69) is 23.9 Å². The summed E-state index contributed by atoms with van der Waals surface area (Å²) < 4.78 is 9.91. The van der Waals surface area contributed by atoms with Crippen molar-refractivity contribution in [2.24, 2.45) is 17.8 Å². The van der Waals surface area contributed by atoms with Crippen LogP contribution in [0.25, 0.3) is 0 Å². The predicted octanol–water partition coefficient (Wildman–Crippen LogP) is 2.34. The number of carbonyl (C=O) groups excluding carboxylic acids is 2. The van der Waals surface area contributed by atoms with Crippen molar-refractivity contribution in [1.82, 2.24) is 5.32 Å². The zero-order valence-electron chi connectivity index (χ0n) is 12.6. The van der Waals surface area contributed by atoms with Crippen molar-refractivity contribution in [1.29, 1.82) is 0 Å². The fraction of sp³-hybridized carbons (Fsp3) is 0.857. The van der Waals surface area contributed by atoms with Crippen LogP contribution in [-0.4, -0.2) is 30.8 Å². The van der Waals surface area contributed by atoms with Gasteiger partial charge in [0.1, 0.15) is 5.60 Å². The Bertz CT molecular complexity index is 346. The average molecular weight is 271 g/mol. The van der Waals surface area contributed by atoms with E-state index in [1.807, 2.05) is 20.8 Å². The molecule has 0 aliphatic heterocycles. The highest BCUT2D eigenvalue weighted by molar-refractivity contribution is 5.72. The Balaban J connectivity index is 2.52. The first kappa shape index (κ1) is 15.8. The second-order valence-electron chi connectivity index (χ2n) is 6.44. The maximum atomic E-state index is 11.7. The number of nitrogens with one attached hydrogen (secondary N) is 1. The van der Waals surface area contributed by atoms with Crippen LogP contribution in [0.2, 0.25) is 0 Å². The molecule has 0 radical (unpaired) electrons. The van der Waals surface area contributed by atoms with E-state index < -0.39 is 11.7 Å². The summed E-state index contributed by atoms with van der Waals surface area (Å²) in [6.07, 6.45) is -0.0738. The molecular formula is C14H25NO4. The van der Waals surface area contributed by atoms with Crippen LogP contribution in [0, 0.1) is 17.8 Å². The number of amides is 1. The molecule has 1 amide bonds. The minimum Gasteiger partial charge on any atom is -0.469 e. The Kier molecular flexibility index (Phi) is 4.82. The molecule has 1 N–H and O–H groups in total. The van der Waals surface area contributed by atoms with Crippen LogP contribution in [0.3, 0.4) is 0 Å². The molecule has 0 aromatic rings. The summed E-state index contributed by atoms with van der Waals surface area (Å²) >= 11 is 0. The van der Waals surface area contributed by atoms with E-state index in [1.54, 1.807) is 0 Å². The summed E-state index contributed by atoms with van der Waals surface area (Å²) in [6, 6.07) is 0.00829. The monoisotopic (exact) mass is 271 g/mol. The molecule has 1 fully saturated rings. The Morgan fingerprint density at radius 3 is 2.26 bits per heavy atom. The Labute approximate surface area is 115 Å². The number of ether oxygens (including phenoxy) is 2. The van der Waals surface area contributed by atoms with Crippen LogP contribution in [0.15, 0.2) is 0 Å². The van der Waals surface area contributed by atoms with E-state index in [0.717, 1.165) is 0 Å². The number of hydrogen-bond acceptors (Lipinski definition) is 4. The van der Waals surface area contributed by atoms with Gasteiger partial charge < -0.3 is 14.8 Å². The van der Waals surface area contributed by atoms with Crippen molar-refractivity contribution in [3.8, 4) is 0 Å². The van der Waals surface area contributed by atoms with Crippen LogP contribution < -0.4 is 5.32 Å². The van der Waals surface area contributed by atoms with Gasteiger partial charge in [-0.3, -0.25) is 4.79 Å². The summed E-state index contributed by atoms with van der Waals surface area (Å²) in [7, 11) is 1.38. The van der Waals surface area contributed by atoms with Gasteiger partial charge in [0.2, 0.25) is 0 Å². The Hall–Kier alpha value is -1.26. The molecule has 5 heteroatoms. The number of carbonyl (C=O) groups is 2. The lowest BCUT2D eigenvalue weighted by atomic mass is 10.1. The number of rotatable bonds is 4. The second-order valence-corrected chi connectivity index (χ2v) is 6.44. The average Bonchev–Trinajstić information content (AvgIpc) is 2.87.